The first-order chi connectivity index (χ1) is 12.7. The Morgan fingerprint density at radius 2 is 2.00 bits per heavy atom. The number of likely N-dealkylation sites (tertiary alicyclic amines) is 1. The van der Waals surface area contributed by atoms with Gasteiger partial charge in [-0.1, -0.05) is 18.2 Å². The summed E-state index contributed by atoms with van der Waals surface area (Å²) in [5.41, 5.74) is 1.20. The molecule has 0 aromatic heterocycles. The largest absolute Gasteiger partial charge is 0.496 e. The summed E-state index contributed by atoms with van der Waals surface area (Å²) in [6, 6.07) is 8.12. The number of aliphatic hydroxyl groups is 1. The smallest absolute Gasteiger partial charge is 0.191 e. The van der Waals surface area contributed by atoms with Crippen LogP contribution in [0.1, 0.15) is 31.7 Å². The van der Waals surface area contributed by atoms with Crippen molar-refractivity contribution in [2.45, 2.75) is 38.7 Å². The number of guanidine groups is 1. The maximum Gasteiger partial charge on any atom is 0.191 e. The zero-order valence-electron chi connectivity index (χ0n) is 16.6. The van der Waals surface area contributed by atoms with Gasteiger partial charge < -0.3 is 25.4 Å². The van der Waals surface area contributed by atoms with Gasteiger partial charge in [0.1, 0.15) is 5.75 Å². The van der Waals surface area contributed by atoms with E-state index in [0.717, 1.165) is 76.7 Å². The van der Waals surface area contributed by atoms with Gasteiger partial charge in [0, 0.05) is 32.7 Å². The Labute approximate surface area is 180 Å². The van der Waals surface area contributed by atoms with Crippen LogP contribution in [0.4, 0.5) is 0 Å². The van der Waals surface area contributed by atoms with Crippen LogP contribution < -0.4 is 15.4 Å². The van der Waals surface area contributed by atoms with Crippen molar-refractivity contribution in [1.82, 2.24) is 15.5 Å². The number of rotatable bonds is 9. The zero-order chi connectivity index (χ0) is 18.6. The molecule has 0 spiro atoms. The van der Waals surface area contributed by atoms with Crippen LogP contribution in [0.5, 0.6) is 5.75 Å². The van der Waals surface area contributed by atoms with Crippen molar-refractivity contribution in [3.63, 3.8) is 0 Å². The Morgan fingerprint density at radius 1 is 1.26 bits per heavy atom. The third kappa shape index (κ3) is 9.12. The van der Waals surface area contributed by atoms with E-state index in [-0.39, 0.29) is 30.1 Å². The highest BCUT2D eigenvalue weighted by atomic mass is 127. The van der Waals surface area contributed by atoms with E-state index in [0.29, 0.717) is 0 Å². The summed E-state index contributed by atoms with van der Waals surface area (Å²) in [7, 11) is 1.71. The summed E-state index contributed by atoms with van der Waals surface area (Å²) in [4.78, 5) is 7.09. The molecule has 1 heterocycles. The van der Waals surface area contributed by atoms with Crippen molar-refractivity contribution >= 4 is 29.9 Å². The number of aliphatic hydroxyl groups excluding tert-OH is 1. The molecule has 0 atom stereocenters. The predicted molar refractivity (Wildman–Crippen MR) is 122 cm³/mol. The number of aliphatic imine (C=N–C) groups is 1. The molecule has 1 aliphatic heterocycles. The van der Waals surface area contributed by atoms with Crippen molar-refractivity contribution in [1.29, 1.82) is 0 Å². The van der Waals surface area contributed by atoms with E-state index in [1.807, 2.05) is 18.2 Å². The predicted octanol–water partition coefficient (Wildman–Crippen LogP) is 2.26. The average Bonchev–Trinajstić information content (AvgIpc) is 2.67. The van der Waals surface area contributed by atoms with Gasteiger partial charge in [0.2, 0.25) is 0 Å². The minimum absolute atomic E-state index is 0. The van der Waals surface area contributed by atoms with Crippen molar-refractivity contribution in [2.75, 3.05) is 46.4 Å². The molecule has 0 saturated carbocycles. The molecule has 7 heteroatoms. The summed E-state index contributed by atoms with van der Waals surface area (Å²) in [6.07, 6.45) is 3.63. The van der Waals surface area contributed by atoms with E-state index in [2.05, 4.69) is 33.5 Å². The van der Waals surface area contributed by atoms with Crippen LogP contribution >= 0.6 is 24.0 Å². The molecule has 1 aromatic carbocycles. The fourth-order valence-corrected chi connectivity index (χ4v) is 3.19. The molecule has 0 bridgehead atoms. The molecule has 1 fully saturated rings. The number of methoxy groups -OCH3 is 1. The van der Waals surface area contributed by atoms with Gasteiger partial charge in [-0.05, 0) is 50.8 Å². The monoisotopic (exact) mass is 490 g/mol. The van der Waals surface area contributed by atoms with Gasteiger partial charge in [-0.3, -0.25) is 4.99 Å². The minimum atomic E-state index is -0.0999. The van der Waals surface area contributed by atoms with E-state index >= 15 is 0 Å². The number of ether oxygens (including phenoxy) is 1. The maximum absolute atomic E-state index is 9.56. The normalized spacial score (nSPS) is 15.9. The average molecular weight is 490 g/mol. The minimum Gasteiger partial charge on any atom is -0.496 e. The van der Waals surface area contributed by atoms with Crippen molar-refractivity contribution in [3.05, 3.63) is 29.8 Å². The van der Waals surface area contributed by atoms with Crippen molar-refractivity contribution in [2.24, 2.45) is 4.99 Å². The number of piperidine rings is 1. The van der Waals surface area contributed by atoms with Crippen LogP contribution in [-0.2, 0) is 6.42 Å². The Kier molecular flexibility index (Phi) is 12.4. The number of halogens is 1. The van der Waals surface area contributed by atoms with E-state index in [1.165, 1.54) is 5.56 Å². The van der Waals surface area contributed by atoms with Gasteiger partial charge in [-0.25, -0.2) is 0 Å². The Morgan fingerprint density at radius 3 is 2.70 bits per heavy atom. The molecule has 1 aromatic rings. The Hall–Kier alpha value is -1.06. The molecule has 2 rings (SSSR count). The van der Waals surface area contributed by atoms with E-state index in [9.17, 15) is 5.11 Å². The second-order valence-corrected chi connectivity index (χ2v) is 6.68. The summed E-state index contributed by atoms with van der Waals surface area (Å²) < 4.78 is 5.40. The first kappa shape index (κ1) is 24.0. The molecule has 27 heavy (non-hydrogen) atoms. The highest BCUT2D eigenvalue weighted by molar-refractivity contribution is 14.0. The quantitative estimate of drug-likeness (QED) is 0.215. The van der Waals surface area contributed by atoms with Gasteiger partial charge in [0.15, 0.2) is 5.96 Å². The third-order valence-corrected chi connectivity index (χ3v) is 4.68. The van der Waals surface area contributed by atoms with Crippen LogP contribution in [0, 0.1) is 0 Å². The topological polar surface area (TPSA) is 69.1 Å². The lowest BCUT2D eigenvalue weighted by Crippen LogP contribution is -2.39. The lowest BCUT2D eigenvalue weighted by atomic mass is 10.1. The molecular formula is C20H35IN4O2. The SMILES string of the molecule is CCNC(=NCCCN1CCC(O)CC1)NCCc1ccccc1OC.I. The summed E-state index contributed by atoms with van der Waals surface area (Å²) in [6.45, 7) is 7.61. The number of hydrogen-bond acceptors (Lipinski definition) is 4. The molecule has 1 saturated heterocycles. The van der Waals surface area contributed by atoms with E-state index < -0.39 is 0 Å². The molecule has 3 N–H and O–H groups in total. The van der Waals surface area contributed by atoms with Crippen LogP contribution in [0.3, 0.4) is 0 Å². The van der Waals surface area contributed by atoms with Crippen LogP contribution in [0.25, 0.3) is 0 Å². The molecule has 0 unspecified atom stereocenters. The second kappa shape index (κ2) is 14.0. The van der Waals surface area contributed by atoms with E-state index in [1.54, 1.807) is 7.11 Å². The second-order valence-electron chi connectivity index (χ2n) is 6.68. The summed E-state index contributed by atoms with van der Waals surface area (Å²) in [5, 5.41) is 16.3. The maximum atomic E-state index is 9.56. The molecule has 0 radical (unpaired) electrons. The number of para-hydroxylation sites is 1. The fourth-order valence-electron chi connectivity index (χ4n) is 3.19. The van der Waals surface area contributed by atoms with Crippen LogP contribution in [0.15, 0.2) is 29.3 Å². The molecule has 154 valence electrons. The number of nitrogens with zero attached hydrogens (tertiary/aromatic N) is 2. The van der Waals surface area contributed by atoms with Crippen LogP contribution in [-0.4, -0.2) is 68.4 Å². The Bertz CT molecular complexity index is 549. The molecular weight excluding hydrogens is 455 g/mol. The fraction of sp³-hybridized carbons (Fsp3) is 0.650. The van der Waals surface area contributed by atoms with Gasteiger partial charge in [-0.15, -0.1) is 24.0 Å². The molecule has 6 nitrogen and oxygen atoms in total. The number of nitrogens with one attached hydrogen (secondary N) is 2. The molecule has 0 aliphatic carbocycles. The highest BCUT2D eigenvalue weighted by Crippen LogP contribution is 2.17. The lowest BCUT2D eigenvalue weighted by Gasteiger charge is -2.29. The standard InChI is InChI=1S/C20H34N4O2.HI/c1-3-21-20(22-12-6-14-24-15-10-18(25)11-16-24)23-13-9-17-7-4-5-8-19(17)26-2;/h4-5,7-8,18,25H,3,6,9-16H2,1-2H3,(H2,21,22,23);1H. The summed E-state index contributed by atoms with van der Waals surface area (Å²) >= 11 is 0. The summed E-state index contributed by atoms with van der Waals surface area (Å²) in [5.74, 6) is 1.80. The number of hydrogen-bond donors (Lipinski definition) is 3. The molecule has 1 aliphatic rings. The van der Waals surface area contributed by atoms with Crippen molar-refractivity contribution < 1.29 is 9.84 Å². The van der Waals surface area contributed by atoms with Gasteiger partial charge >= 0.3 is 0 Å². The number of benzene rings is 1. The Balaban J connectivity index is 0.00000364. The third-order valence-electron chi connectivity index (χ3n) is 4.68. The first-order valence-electron chi connectivity index (χ1n) is 9.77. The lowest BCUT2D eigenvalue weighted by molar-refractivity contribution is 0.0824. The van der Waals surface area contributed by atoms with Crippen molar-refractivity contribution in [3.8, 4) is 5.75 Å². The van der Waals surface area contributed by atoms with Gasteiger partial charge in [0.05, 0.1) is 13.2 Å². The van der Waals surface area contributed by atoms with Crippen LogP contribution in [0.2, 0.25) is 0 Å². The van der Waals surface area contributed by atoms with Gasteiger partial charge in [-0.2, -0.15) is 0 Å². The van der Waals surface area contributed by atoms with Gasteiger partial charge in [0.25, 0.3) is 0 Å². The zero-order valence-corrected chi connectivity index (χ0v) is 18.9. The van der Waals surface area contributed by atoms with E-state index in [4.69, 9.17) is 4.74 Å². The highest BCUT2D eigenvalue weighted by Gasteiger charge is 2.15. The molecule has 0 amide bonds. The first-order valence-corrected chi connectivity index (χ1v) is 9.77.